The van der Waals surface area contributed by atoms with E-state index in [4.69, 9.17) is 19.7 Å². The molecule has 1 aliphatic carbocycles. The Morgan fingerprint density at radius 2 is 1.46 bits per heavy atom. The highest BCUT2D eigenvalue weighted by Gasteiger charge is 2.48. The summed E-state index contributed by atoms with van der Waals surface area (Å²) in [6.07, 6.45) is 1.43. The predicted molar refractivity (Wildman–Crippen MR) is 45.0 cm³/mol. The maximum absolute atomic E-state index is 9.09. The summed E-state index contributed by atoms with van der Waals surface area (Å²) >= 11 is 0. The molecule has 1 spiro atoms. The van der Waals surface area contributed by atoms with Crippen molar-refractivity contribution in [1.29, 1.82) is 0 Å². The molecule has 2 fully saturated rings. The van der Waals surface area contributed by atoms with Crippen molar-refractivity contribution >= 4 is 0 Å². The van der Waals surface area contributed by atoms with Gasteiger partial charge in [0, 0.05) is 26.1 Å². The van der Waals surface area contributed by atoms with Gasteiger partial charge in [-0.1, -0.05) is 0 Å². The fourth-order valence-corrected chi connectivity index (χ4v) is 2.38. The summed E-state index contributed by atoms with van der Waals surface area (Å²) in [5.74, 6) is -0.230. The average Bonchev–Trinajstić information content (AvgIpc) is 2.74. The van der Waals surface area contributed by atoms with Gasteiger partial charge in [0.1, 0.15) is 0 Å². The van der Waals surface area contributed by atoms with Crippen LogP contribution in [0.4, 0.5) is 0 Å². The van der Waals surface area contributed by atoms with E-state index in [2.05, 4.69) is 0 Å². The van der Waals surface area contributed by atoms with Crippen LogP contribution in [0, 0.1) is 11.8 Å². The number of hydrogen-bond acceptors (Lipinski definition) is 4. The van der Waals surface area contributed by atoms with Crippen LogP contribution in [0.15, 0.2) is 0 Å². The van der Waals surface area contributed by atoms with Crippen molar-refractivity contribution in [2.24, 2.45) is 11.8 Å². The van der Waals surface area contributed by atoms with Gasteiger partial charge < -0.3 is 19.7 Å². The third-order valence-electron chi connectivity index (χ3n) is 3.10. The van der Waals surface area contributed by atoms with E-state index in [9.17, 15) is 0 Å². The molecule has 2 atom stereocenters. The van der Waals surface area contributed by atoms with E-state index >= 15 is 0 Å². The SMILES string of the molecule is OC[C@@H]1CC2(C[C@@H]1CO)OCCO2. The van der Waals surface area contributed by atoms with Gasteiger partial charge in [-0.05, 0) is 11.8 Å². The molecular weight excluding hydrogens is 172 g/mol. The predicted octanol–water partition coefficient (Wildman–Crippen LogP) is -0.260. The van der Waals surface area contributed by atoms with Crippen molar-refractivity contribution in [3.8, 4) is 0 Å². The van der Waals surface area contributed by atoms with Crippen LogP contribution in [0.5, 0.6) is 0 Å². The highest BCUT2D eigenvalue weighted by atomic mass is 16.7. The van der Waals surface area contributed by atoms with Crippen LogP contribution >= 0.6 is 0 Å². The van der Waals surface area contributed by atoms with E-state index in [-0.39, 0.29) is 25.0 Å². The monoisotopic (exact) mass is 188 g/mol. The second-order valence-corrected chi connectivity index (χ2v) is 3.90. The molecule has 76 valence electrons. The van der Waals surface area contributed by atoms with Crippen molar-refractivity contribution in [2.75, 3.05) is 26.4 Å². The third-order valence-corrected chi connectivity index (χ3v) is 3.10. The van der Waals surface area contributed by atoms with Crippen molar-refractivity contribution in [1.82, 2.24) is 0 Å². The van der Waals surface area contributed by atoms with Gasteiger partial charge in [0.25, 0.3) is 0 Å². The molecule has 2 N–H and O–H groups in total. The average molecular weight is 188 g/mol. The number of ether oxygens (including phenoxy) is 2. The van der Waals surface area contributed by atoms with Crippen LogP contribution in [-0.4, -0.2) is 42.4 Å². The van der Waals surface area contributed by atoms with E-state index in [1.54, 1.807) is 0 Å². The molecule has 0 bridgehead atoms. The summed E-state index contributed by atoms with van der Waals surface area (Å²) in [6, 6.07) is 0. The first-order valence-electron chi connectivity index (χ1n) is 4.79. The van der Waals surface area contributed by atoms with Crippen LogP contribution in [0.3, 0.4) is 0 Å². The minimum absolute atomic E-state index is 0.111. The molecule has 13 heavy (non-hydrogen) atoms. The Morgan fingerprint density at radius 3 is 1.85 bits per heavy atom. The fourth-order valence-electron chi connectivity index (χ4n) is 2.38. The lowest BCUT2D eigenvalue weighted by molar-refractivity contribution is -0.155. The smallest absolute Gasteiger partial charge is 0.169 e. The summed E-state index contributed by atoms with van der Waals surface area (Å²) < 4.78 is 11.0. The lowest BCUT2D eigenvalue weighted by atomic mass is 9.98. The van der Waals surface area contributed by atoms with Gasteiger partial charge >= 0.3 is 0 Å². The van der Waals surface area contributed by atoms with Gasteiger partial charge in [-0.25, -0.2) is 0 Å². The van der Waals surface area contributed by atoms with E-state index in [0.717, 1.165) is 0 Å². The molecule has 0 aromatic rings. The zero-order valence-corrected chi connectivity index (χ0v) is 7.61. The molecule has 4 heteroatoms. The number of aliphatic hydroxyl groups excluding tert-OH is 2. The molecular formula is C9H16O4. The summed E-state index contributed by atoms with van der Waals surface area (Å²) in [4.78, 5) is 0. The molecule has 0 aromatic heterocycles. The molecule has 1 saturated heterocycles. The summed E-state index contributed by atoms with van der Waals surface area (Å²) in [5, 5.41) is 18.2. The van der Waals surface area contributed by atoms with E-state index < -0.39 is 5.79 Å². The van der Waals surface area contributed by atoms with Crippen LogP contribution in [0.2, 0.25) is 0 Å². The van der Waals surface area contributed by atoms with E-state index in [0.29, 0.717) is 26.1 Å². The van der Waals surface area contributed by atoms with Gasteiger partial charge in [0.05, 0.1) is 13.2 Å². The maximum Gasteiger partial charge on any atom is 0.169 e. The molecule has 2 aliphatic rings. The highest BCUT2D eigenvalue weighted by molar-refractivity contribution is 4.91. The van der Waals surface area contributed by atoms with Gasteiger partial charge in [-0.15, -0.1) is 0 Å². The van der Waals surface area contributed by atoms with Crippen LogP contribution in [0.1, 0.15) is 12.8 Å². The lowest BCUT2D eigenvalue weighted by Crippen LogP contribution is -2.26. The highest BCUT2D eigenvalue weighted by Crippen LogP contribution is 2.44. The molecule has 1 heterocycles. The van der Waals surface area contributed by atoms with Crippen LogP contribution in [0.25, 0.3) is 0 Å². The van der Waals surface area contributed by atoms with Gasteiger partial charge in [0.15, 0.2) is 5.79 Å². The second-order valence-electron chi connectivity index (χ2n) is 3.90. The Morgan fingerprint density at radius 1 is 1.00 bits per heavy atom. The van der Waals surface area contributed by atoms with Crippen LogP contribution < -0.4 is 0 Å². The lowest BCUT2D eigenvalue weighted by Gasteiger charge is -2.21. The fraction of sp³-hybridized carbons (Fsp3) is 1.00. The molecule has 2 rings (SSSR count). The van der Waals surface area contributed by atoms with Crippen molar-refractivity contribution < 1.29 is 19.7 Å². The van der Waals surface area contributed by atoms with Gasteiger partial charge in [-0.2, -0.15) is 0 Å². The van der Waals surface area contributed by atoms with Crippen LogP contribution in [-0.2, 0) is 9.47 Å². The van der Waals surface area contributed by atoms with Crippen molar-refractivity contribution in [3.05, 3.63) is 0 Å². The Hall–Kier alpha value is -0.160. The topological polar surface area (TPSA) is 58.9 Å². The van der Waals surface area contributed by atoms with Gasteiger partial charge in [-0.3, -0.25) is 0 Å². The molecule has 1 aliphatic heterocycles. The molecule has 0 radical (unpaired) electrons. The molecule has 0 unspecified atom stereocenters. The molecule has 0 aromatic carbocycles. The Balaban J connectivity index is 2.03. The molecule has 1 saturated carbocycles. The molecule has 0 amide bonds. The number of hydrogen-bond donors (Lipinski definition) is 2. The quantitative estimate of drug-likeness (QED) is 0.627. The zero-order valence-electron chi connectivity index (χ0n) is 7.61. The standard InChI is InChI=1S/C9H16O4/c10-5-7-3-9(4-8(7)6-11)12-1-2-13-9/h7-8,10-11H,1-6H2/t7-,8+. The molecule has 4 nitrogen and oxygen atoms in total. The van der Waals surface area contributed by atoms with Gasteiger partial charge in [0.2, 0.25) is 0 Å². The normalized spacial score (nSPS) is 37.4. The minimum Gasteiger partial charge on any atom is -0.396 e. The number of rotatable bonds is 2. The summed E-state index contributed by atoms with van der Waals surface area (Å²) in [5.41, 5.74) is 0. The van der Waals surface area contributed by atoms with E-state index in [1.165, 1.54) is 0 Å². The first kappa shape index (κ1) is 9.40. The maximum atomic E-state index is 9.09. The minimum atomic E-state index is -0.485. The van der Waals surface area contributed by atoms with Crippen molar-refractivity contribution in [2.45, 2.75) is 18.6 Å². The summed E-state index contributed by atoms with van der Waals surface area (Å²) in [7, 11) is 0. The number of aliphatic hydroxyl groups is 2. The Kier molecular flexibility index (Phi) is 2.55. The zero-order chi connectivity index (χ0) is 9.31. The third kappa shape index (κ3) is 1.59. The second kappa shape index (κ2) is 3.53. The van der Waals surface area contributed by atoms with Crippen molar-refractivity contribution in [3.63, 3.8) is 0 Å². The first-order valence-corrected chi connectivity index (χ1v) is 4.79. The summed E-state index contributed by atoms with van der Waals surface area (Å²) in [6.45, 7) is 1.49. The largest absolute Gasteiger partial charge is 0.396 e. The Labute approximate surface area is 77.5 Å². The van der Waals surface area contributed by atoms with E-state index in [1.807, 2.05) is 0 Å². The first-order chi connectivity index (χ1) is 6.29. The Bertz CT molecular complexity index is 162.